The van der Waals surface area contributed by atoms with Crippen molar-refractivity contribution in [2.75, 3.05) is 6.61 Å². The molecule has 0 spiro atoms. The molecular weight excluding hydrogens is 334 g/mol. The Balaban J connectivity index is 2.37. The molecule has 0 fully saturated rings. The summed E-state index contributed by atoms with van der Waals surface area (Å²) in [6.45, 7) is 6.07. The molecule has 3 heterocycles. The largest absolute Gasteiger partial charge is 0.461 e. The number of hydrogen-bond donors (Lipinski definition) is 0. The van der Waals surface area contributed by atoms with Crippen LogP contribution in [0.4, 0.5) is 0 Å². The van der Waals surface area contributed by atoms with Gasteiger partial charge in [-0.25, -0.2) is 14.8 Å². The Hall–Kier alpha value is -1.95. The van der Waals surface area contributed by atoms with Gasteiger partial charge in [-0.1, -0.05) is 0 Å². The van der Waals surface area contributed by atoms with Crippen LogP contribution in [-0.2, 0) is 4.74 Å². The highest BCUT2D eigenvalue weighted by molar-refractivity contribution is 9.10. The second-order valence-electron chi connectivity index (χ2n) is 4.82. The fourth-order valence-corrected chi connectivity index (χ4v) is 3.02. The zero-order valence-electron chi connectivity index (χ0n) is 12.0. The predicted octanol–water partition coefficient (Wildman–Crippen LogP) is 3.44. The van der Waals surface area contributed by atoms with E-state index in [-0.39, 0.29) is 5.69 Å². The zero-order valence-corrected chi connectivity index (χ0v) is 13.6. The summed E-state index contributed by atoms with van der Waals surface area (Å²) >= 11 is 3.45. The third-order valence-electron chi connectivity index (χ3n) is 3.30. The van der Waals surface area contributed by atoms with E-state index in [0.29, 0.717) is 16.9 Å². The van der Waals surface area contributed by atoms with Crippen LogP contribution in [0.15, 0.2) is 22.8 Å². The normalized spacial score (nSPS) is 11.2. The van der Waals surface area contributed by atoms with Crippen molar-refractivity contribution in [3.8, 4) is 0 Å². The number of imidazole rings is 1. The average Bonchev–Trinajstić information content (AvgIpc) is 2.76. The van der Waals surface area contributed by atoms with E-state index in [4.69, 9.17) is 4.74 Å². The summed E-state index contributed by atoms with van der Waals surface area (Å²) in [5.41, 5.74) is 3.77. The number of aryl methyl sites for hydroxylation is 2. The summed E-state index contributed by atoms with van der Waals surface area (Å²) in [5.74, 6) is -0.439. The summed E-state index contributed by atoms with van der Waals surface area (Å²) in [4.78, 5) is 20.9. The molecule has 0 aliphatic rings. The fourth-order valence-electron chi connectivity index (χ4n) is 2.42. The SMILES string of the molecule is CCOC(=O)c1nc2ccc3c(C)cc(C)nc3n2c1Br. The highest BCUT2D eigenvalue weighted by Crippen LogP contribution is 2.26. The molecule has 0 saturated carbocycles. The first-order valence-electron chi connectivity index (χ1n) is 6.65. The van der Waals surface area contributed by atoms with E-state index in [1.165, 1.54) is 0 Å². The Morgan fingerprint density at radius 2 is 2.10 bits per heavy atom. The minimum atomic E-state index is -0.439. The summed E-state index contributed by atoms with van der Waals surface area (Å²) < 4.78 is 7.44. The van der Waals surface area contributed by atoms with E-state index in [1.54, 1.807) is 6.92 Å². The van der Waals surface area contributed by atoms with Crippen LogP contribution < -0.4 is 0 Å². The highest BCUT2D eigenvalue weighted by Gasteiger charge is 2.20. The number of halogens is 1. The molecular formula is C15H14BrN3O2. The van der Waals surface area contributed by atoms with Gasteiger partial charge in [-0.15, -0.1) is 0 Å². The molecule has 3 aromatic rings. The average molecular weight is 348 g/mol. The summed E-state index contributed by atoms with van der Waals surface area (Å²) in [6, 6.07) is 5.88. The van der Waals surface area contributed by atoms with E-state index in [1.807, 2.05) is 36.4 Å². The smallest absolute Gasteiger partial charge is 0.359 e. The topological polar surface area (TPSA) is 56.5 Å². The van der Waals surface area contributed by atoms with Gasteiger partial charge in [0.1, 0.15) is 15.9 Å². The van der Waals surface area contributed by atoms with Crippen LogP contribution in [0.2, 0.25) is 0 Å². The first-order valence-corrected chi connectivity index (χ1v) is 7.44. The van der Waals surface area contributed by atoms with Gasteiger partial charge in [-0.3, -0.25) is 4.40 Å². The minimum Gasteiger partial charge on any atom is -0.461 e. The molecule has 0 atom stereocenters. The number of carbonyl (C=O) groups excluding carboxylic acids is 1. The van der Waals surface area contributed by atoms with Crippen LogP contribution in [0, 0.1) is 13.8 Å². The number of pyridine rings is 2. The molecule has 5 nitrogen and oxygen atoms in total. The van der Waals surface area contributed by atoms with Crippen LogP contribution in [-0.4, -0.2) is 26.9 Å². The number of esters is 1. The van der Waals surface area contributed by atoms with Gasteiger partial charge >= 0.3 is 5.97 Å². The Kier molecular flexibility index (Phi) is 3.41. The number of fused-ring (bicyclic) bond motifs is 3. The van der Waals surface area contributed by atoms with Gasteiger partial charge in [-0.2, -0.15) is 0 Å². The second kappa shape index (κ2) is 5.11. The maximum atomic E-state index is 12.0. The van der Waals surface area contributed by atoms with E-state index in [9.17, 15) is 4.79 Å². The lowest BCUT2D eigenvalue weighted by Crippen LogP contribution is -2.05. The van der Waals surface area contributed by atoms with Crippen molar-refractivity contribution in [2.24, 2.45) is 0 Å². The van der Waals surface area contributed by atoms with Crippen molar-refractivity contribution in [1.82, 2.24) is 14.4 Å². The number of ether oxygens (including phenoxy) is 1. The van der Waals surface area contributed by atoms with Crippen LogP contribution in [0.25, 0.3) is 16.7 Å². The molecule has 6 heteroatoms. The van der Waals surface area contributed by atoms with Gasteiger partial charge in [0.25, 0.3) is 0 Å². The van der Waals surface area contributed by atoms with Gasteiger partial charge in [0, 0.05) is 11.1 Å². The third kappa shape index (κ3) is 2.19. The third-order valence-corrected chi connectivity index (χ3v) is 4.03. The molecule has 0 saturated heterocycles. The molecule has 108 valence electrons. The molecule has 3 aromatic heterocycles. The van der Waals surface area contributed by atoms with Gasteiger partial charge in [0.2, 0.25) is 0 Å². The highest BCUT2D eigenvalue weighted by atomic mass is 79.9. The molecule has 0 radical (unpaired) electrons. The molecule has 0 amide bonds. The summed E-state index contributed by atoms with van der Waals surface area (Å²) in [5, 5.41) is 1.03. The standard InChI is InChI=1S/C15H14BrN3O2/c1-4-21-15(20)12-13(16)19-11(18-12)6-5-10-8(2)7-9(3)17-14(10)19/h5-7H,4H2,1-3H3. The molecule has 0 N–H and O–H groups in total. The maximum Gasteiger partial charge on any atom is 0.359 e. The van der Waals surface area contributed by atoms with Crippen molar-refractivity contribution >= 4 is 38.6 Å². The van der Waals surface area contributed by atoms with Gasteiger partial charge in [0.05, 0.1) is 6.61 Å². The lowest BCUT2D eigenvalue weighted by Gasteiger charge is -2.06. The first kappa shape index (κ1) is 14.0. The van der Waals surface area contributed by atoms with Crippen molar-refractivity contribution in [3.05, 3.63) is 39.8 Å². The van der Waals surface area contributed by atoms with Gasteiger partial charge in [0.15, 0.2) is 5.69 Å². The number of nitrogens with zero attached hydrogens (tertiary/aromatic N) is 3. The molecule has 21 heavy (non-hydrogen) atoms. The van der Waals surface area contributed by atoms with Crippen molar-refractivity contribution in [3.63, 3.8) is 0 Å². The van der Waals surface area contributed by atoms with E-state index < -0.39 is 5.97 Å². The van der Waals surface area contributed by atoms with Crippen molar-refractivity contribution in [2.45, 2.75) is 20.8 Å². The van der Waals surface area contributed by atoms with Gasteiger partial charge < -0.3 is 4.74 Å². The molecule has 3 rings (SSSR count). The summed E-state index contributed by atoms with van der Waals surface area (Å²) in [6.07, 6.45) is 0. The Morgan fingerprint density at radius 1 is 1.33 bits per heavy atom. The Morgan fingerprint density at radius 3 is 2.81 bits per heavy atom. The van der Waals surface area contributed by atoms with Crippen LogP contribution >= 0.6 is 15.9 Å². The quantitative estimate of drug-likeness (QED) is 0.666. The second-order valence-corrected chi connectivity index (χ2v) is 5.57. The number of rotatable bonds is 2. The number of aromatic nitrogens is 3. The molecule has 0 unspecified atom stereocenters. The molecule has 0 aliphatic carbocycles. The predicted molar refractivity (Wildman–Crippen MR) is 83.6 cm³/mol. The Bertz CT molecular complexity index is 870. The van der Waals surface area contributed by atoms with Gasteiger partial charge in [-0.05, 0) is 60.5 Å². The van der Waals surface area contributed by atoms with Crippen LogP contribution in [0.5, 0.6) is 0 Å². The van der Waals surface area contributed by atoms with Crippen molar-refractivity contribution in [1.29, 1.82) is 0 Å². The molecule has 0 aliphatic heterocycles. The number of hydrogen-bond acceptors (Lipinski definition) is 4. The van der Waals surface area contributed by atoms with E-state index in [0.717, 1.165) is 22.3 Å². The number of carbonyl (C=O) groups is 1. The van der Waals surface area contributed by atoms with E-state index >= 15 is 0 Å². The molecule has 0 aromatic carbocycles. The van der Waals surface area contributed by atoms with Crippen LogP contribution in [0.1, 0.15) is 28.7 Å². The minimum absolute atomic E-state index is 0.269. The van der Waals surface area contributed by atoms with Crippen LogP contribution in [0.3, 0.4) is 0 Å². The first-order chi connectivity index (χ1) is 10.0. The van der Waals surface area contributed by atoms with E-state index in [2.05, 4.69) is 25.9 Å². The maximum absolute atomic E-state index is 12.0. The zero-order chi connectivity index (χ0) is 15.1. The summed E-state index contributed by atoms with van der Waals surface area (Å²) in [7, 11) is 0. The Labute approximate surface area is 130 Å². The lowest BCUT2D eigenvalue weighted by molar-refractivity contribution is 0.0519. The molecule has 0 bridgehead atoms. The lowest BCUT2D eigenvalue weighted by atomic mass is 10.1. The van der Waals surface area contributed by atoms with Crippen molar-refractivity contribution < 1.29 is 9.53 Å². The fraction of sp³-hybridized carbons (Fsp3) is 0.267. The monoisotopic (exact) mass is 347 g/mol.